The molecule has 1 fully saturated rings. The quantitative estimate of drug-likeness (QED) is 0.832. The summed E-state index contributed by atoms with van der Waals surface area (Å²) in [6, 6.07) is 6.19. The van der Waals surface area contributed by atoms with E-state index in [9.17, 15) is 14.7 Å². The van der Waals surface area contributed by atoms with Gasteiger partial charge in [-0.05, 0) is 42.4 Å². The Hall–Kier alpha value is -2.56. The lowest BCUT2D eigenvalue weighted by atomic mass is 9.70. The molecule has 1 N–H and O–H groups in total. The van der Waals surface area contributed by atoms with Gasteiger partial charge in [-0.25, -0.2) is 0 Å². The zero-order valence-corrected chi connectivity index (χ0v) is 15.7. The van der Waals surface area contributed by atoms with E-state index in [1.807, 2.05) is 6.07 Å². The number of Topliss-reactive ketones (excluding diaryl/α,β-unsaturated/α-hetero) is 1. The molecule has 0 aromatic heterocycles. The number of ether oxygens (including phenoxy) is 1. The number of hydrogen-bond acceptors (Lipinski definition) is 4. The summed E-state index contributed by atoms with van der Waals surface area (Å²) in [6.45, 7) is 8.32. The standard InChI is InChI=1S/C22H25NO4/c1-4-8-23-18(14-6-5-7-15(24)11-14)17-19(25)16-10-12(2)9-13(3)20(16)27-21(17)22(23)26/h4-7,11-13,16,18,20,24H,1,8-10H2,2-3H3. The fourth-order valence-corrected chi connectivity index (χ4v) is 4.99. The molecule has 4 rings (SSSR count). The minimum atomic E-state index is -0.543. The smallest absolute Gasteiger partial charge is 0.290 e. The first-order valence-electron chi connectivity index (χ1n) is 9.58. The Morgan fingerprint density at radius 1 is 1.30 bits per heavy atom. The first kappa shape index (κ1) is 17.8. The molecule has 3 aliphatic rings. The van der Waals surface area contributed by atoms with E-state index in [4.69, 9.17) is 4.74 Å². The molecule has 0 saturated heterocycles. The third kappa shape index (κ3) is 2.76. The average Bonchev–Trinajstić information content (AvgIpc) is 2.89. The molecule has 5 heteroatoms. The van der Waals surface area contributed by atoms with Crippen LogP contribution < -0.4 is 0 Å². The van der Waals surface area contributed by atoms with Crippen LogP contribution in [-0.2, 0) is 14.3 Å². The summed E-state index contributed by atoms with van der Waals surface area (Å²) in [5.74, 6) is 0.531. The van der Waals surface area contributed by atoms with Gasteiger partial charge in [0.05, 0.1) is 17.5 Å². The Morgan fingerprint density at radius 2 is 2.07 bits per heavy atom. The van der Waals surface area contributed by atoms with Crippen LogP contribution in [0, 0.1) is 17.8 Å². The zero-order chi connectivity index (χ0) is 19.3. The molecule has 2 aliphatic heterocycles. The number of ketones is 1. The van der Waals surface area contributed by atoms with Gasteiger partial charge in [0, 0.05) is 6.54 Å². The summed E-state index contributed by atoms with van der Waals surface area (Å²) in [6.07, 6.45) is 3.20. The molecular formula is C22H25NO4. The molecule has 142 valence electrons. The second kappa shape index (κ2) is 6.55. The van der Waals surface area contributed by atoms with E-state index in [0.29, 0.717) is 23.6 Å². The average molecular weight is 367 g/mol. The summed E-state index contributed by atoms with van der Waals surface area (Å²) < 4.78 is 6.19. The lowest BCUT2D eigenvalue weighted by Crippen LogP contribution is -2.45. The number of fused-ring (bicyclic) bond motifs is 1. The Kier molecular flexibility index (Phi) is 4.33. The largest absolute Gasteiger partial charge is 0.508 e. The molecule has 5 atom stereocenters. The first-order valence-corrected chi connectivity index (χ1v) is 9.58. The van der Waals surface area contributed by atoms with E-state index in [0.717, 1.165) is 12.8 Å². The van der Waals surface area contributed by atoms with Gasteiger partial charge in [0.25, 0.3) is 5.91 Å². The number of nitrogens with zero attached hydrogens (tertiary/aromatic N) is 1. The van der Waals surface area contributed by atoms with Crippen LogP contribution >= 0.6 is 0 Å². The Balaban J connectivity index is 1.82. The zero-order valence-electron chi connectivity index (χ0n) is 15.7. The van der Waals surface area contributed by atoms with Gasteiger partial charge >= 0.3 is 0 Å². The van der Waals surface area contributed by atoms with Crippen LogP contribution in [0.15, 0.2) is 48.3 Å². The summed E-state index contributed by atoms with van der Waals surface area (Å²) in [5.41, 5.74) is 1.15. The van der Waals surface area contributed by atoms with Gasteiger partial charge in [-0.1, -0.05) is 32.1 Å². The highest BCUT2D eigenvalue weighted by atomic mass is 16.5. The fraction of sp³-hybridized carbons (Fsp3) is 0.455. The van der Waals surface area contributed by atoms with Crippen LogP contribution in [0.5, 0.6) is 5.75 Å². The van der Waals surface area contributed by atoms with E-state index < -0.39 is 6.04 Å². The summed E-state index contributed by atoms with van der Waals surface area (Å²) in [4.78, 5) is 28.2. The van der Waals surface area contributed by atoms with Crippen molar-refractivity contribution in [1.82, 2.24) is 4.90 Å². The molecule has 27 heavy (non-hydrogen) atoms. The highest BCUT2D eigenvalue weighted by Crippen LogP contribution is 2.48. The predicted octanol–water partition coefficient (Wildman–Crippen LogP) is 3.37. The van der Waals surface area contributed by atoms with Crippen molar-refractivity contribution in [2.45, 2.75) is 38.8 Å². The van der Waals surface area contributed by atoms with Crippen molar-refractivity contribution in [1.29, 1.82) is 0 Å². The van der Waals surface area contributed by atoms with Gasteiger partial charge in [0.2, 0.25) is 0 Å². The van der Waals surface area contributed by atoms with Gasteiger partial charge in [0.1, 0.15) is 11.9 Å². The van der Waals surface area contributed by atoms with E-state index >= 15 is 0 Å². The Morgan fingerprint density at radius 3 is 2.78 bits per heavy atom. The molecule has 0 bridgehead atoms. The van der Waals surface area contributed by atoms with E-state index in [2.05, 4.69) is 20.4 Å². The van der Waals surface area contributed by atoms with Gasteiger partial charge < -0.3 is 14.7 Å². The van der Waals surface area contributed by atoms with Crippen LogP contribution in [0.3, 0.4) is 0 Å². The third-order valence-electron chi connectivity index (χ3n) is 6.04. The van der Waals surface area contributed by atoms with Crippen molar-refractivity contribution in [3.05, 3.63) is 53.8 Å². The lowest BCUT2D eigenvalue weighted by molar-refractivity contribution is -0.138. The normalized spacial score (nSPS) is 32.8. The third-order valence-corrected chi connectivity index (χ3v) is 6.04. The highest BCUT2D eigenvalue weighted by Gasteiger charge is 2.53. The molecule has 0 radical (unpaired) electrons. The van der Waals surface area contributed by atoms with E-state index in [1.54, 1.807) is 29.2 Å². The number of carbonyl (C=O) groups is 2. The number of aromatic hydroxyl groups is 1. The second-order valence-electron chi connectivity index (χ2n) is 8.09. The molecule has 0 spiro atoms. The minimum absolute atomic E-state index is 0.0212. The molecule has 1 aromatic rings. The summed E-state index contributed by atoms with van der Waals surface area (Å²) in [7, 11) is 0. The lowest BCUT2D eigenvalue weighted by Gasteiger charge is -2.41. The molecule has 2 heterocycles. The van der Waals surface area contributed by atoms with Crippen molar-refractivity contribution in [2.75, 3.05) is 6.54 Å². The number of amides is 1. The molecule has 1 amide bonds. The fourth-order valence-electron chi connectivity index (χ4n) is 4.99. The maximum absolute atomic E-state index is 13.5. The molecule has 1 aromatic carbocycles. The topological polar surface area (TPSA) is 66.8 Å². The van der Waals surface area contributed by atoms with Crippen LogP contribution in [0.2, 0.25) is 0 Å². The van der Waals surface area contributed by atoms with Crippen molar-refractivity contribution in [3.8, 4) is 5.75 Å². The number of carbonyl (C=O) groups excluding carboxylic acids is 2. The number of phenols is 1. The minimum Gasteiger partial charge on any atom is -0.508 e. The summed E-state index contributed by atoms with van der Waals surface area (Å²) >= 11 is 0. The molecular weight excluding hydrogens is 342 g/mol. The number of benzene rings is 1. The van der Waals surface area contributed by atoms with Gasteiger partial charge in [-0.2, -0.15) is 0 Å². The van der Waals surface area contributed by atoms with Gasteiger partial charge in [0.15, 0.2) is 11.5 Å². The Labute approximate surface area is 159 Å². The van der Waals surface area contributed by atoms with E-state index in [1.165, 1.54) is 0 Å². The summed E-state index contributed by atoms with van der Waals surface area (Å²) in [5, 5.41) is 9.92. The monoisotopic (exact) mass is 367 g/mol. The van der Waals surface area contributed by atoms with Crippen molar-refractivity contribution < 1.29 is 19.4 Å². The predicted molar refractivity (Wildman–Crippen MR) is 101 cm³/mol. The van der Waals surface area contributed by atoms with Crippen LogP contribution in [0.4, 0.5) is 0 Å². The molecule has 5 nitrogen and oxygen atoms in total. The number of rotatable bonds is 3. The van der Waals surface area contributed by atoms with Crippen LogP contribution in [0.25, 0.3) is 0 Å². The van der Waals surface area contributed by atoms with Crippen molar-refractivity contribution in [2.24, 2.45) is 17.8 Å². The maximum Gasteiger partial charge on any atom is 0.290 e. The van der Waals surface area contributed by atoms with Crippen LogP contribution in [-0.4, -0.2) is 34.3 Å². The second-order valence-corrected chi connectivity index (χ2v) is 8.09. The highest BCUT2D eigenvalue weighted by molar-refractivity contribution is 6.11. The van der Waals surface area contributed by atoms with E-state index in [-0.39, 0.29) is 41.1 Å². The number of hydrogen-bond donors (Lipinski definition) is 1. The number of phenolic OH excluding ortho intramolecular Hbond substituents is 1. The Bertz CT molecular complexity index is 842. The van der Waals surface area contributed by atoms with Crippen molar-refractivity contribution >= 4 is 11.7 Å². The van der Waals surface area contributed by atoms with Gasteiger partial charge in [-0.3, -0.25) is 9.59 Å². The van der Waals surface area contributed by atoms with Gasteiger partial charge in [-0.15, -0.1) is 6.58 Å². The molecule has 1 saturated carbocycles. The first-order chi connectivity index (χ1) is 12.9. The maximum atomic E-state index is 13.5. The SMILES string of the molecule is C=CCN1C(=O)C2=C(C(=O)C3CC(C)CC(C)C3O2)C1c1cccc(O)c1. The molecule has 5 unspecified atom stereocenters. The molecule has 1 aliphatic carbocycles. The van der Waals surface area contributed by atoms with Crippen LogP contribution in [0.1, 0.15) is 38.3 Å². The van der Waals surface area contributed by atoms with Crippen molar-refractivity contribution in [3.63, 3.8) is 0 Å².